The number of rotatable bonds is 3. The van der Waals surface area contributed by atoms with E-state index in [2.05, 4.69) is 53.3 Å². The van der Waals surface area contributed by atoms with Crippen molar-refractivity contribution in [2.45, 2.75) is 20.4 Å². The highest BCUT2D eigenvalue weighted by Gasteiger charge is 2.04. The van der Waals surface area contributed by atoms with E-state index in [4.69, 9.17) is 11.6 Å². The Balaban J connectivity index is 2.14. The van der Waals surface area contributed by atoms with Gasteiger partial charge in [-0.05, 0) is 53.0 Å². The van der Waals surface area contributed by atoms with Crippen LogP contribution in [0.15, 0.2) is 40.9 Å². The Morgan fingerprint density at radius 3 is 2.67 bits per heavy atom. The number of nitrogens with one attached hydrogen (secondary N) is 1. The summed E-state index contributed by atoms with van der Waals surface area (Å²) in [5.41, 5.74) is 4.91. The molecule has 0 aliphatic carbocycles. The van der Waals surface area contributed by atoms with E-state index in [1.807, 2.05) is 18.2 Å². The minimum absolute atomic E-state index is 0.723. The average molecular weight is 325 g/mol. The molecule has 0 radical (unpaired) electrons. The maximum absolute atomic E-state index is 6.06. The standard InChI is InChI=1S/C15H15BrClN/c1-10-6-7-12(11(2)8-10)9-18-14-5-3-4-13(17)15(14)16/h3-8,18H,9H2,1-2H3. The van der Waals surface area contributed by atoms with Gasteiger partial charge in [-0.1, -0.05) is 41.4 Å². The number of anilines is 1. The van der Waals surface area contributed by atoms with E-state index in [0.717, 1.165) is 21.7 Å². The van der Waals surface area contributed by atoms with Gasteiger partial charge < -0.3 is 5.32 Å². The number of hydrogen-bond donors (Lipinski definition) is 1. The number of halogens is 2. The minimum atomic E-state index is 0.723. The second-order valence-electron chi connectivity index (χ2n) is 4.38. The molecule has 1 N–H and O–H groups in total. The fourth-order valence-electron chi connectivity index (χ4n) is 1.87. The van der Waals surface area contributed by atoms with Gasteiger partial charge in [-0.3, -0.25) is 0 Å². The van der Waals surface area contributed by atoms with Gasteiger partial charge in [0.15, 0.2) is 0 Å². The van der Waals surface area contributed by atoms with Crippen LogP contribution < -0.4 is 5.32 Å². The van der Waals surface area contributed by atoms with Crippen molar-refractivity contribution in [1.29, 1.82) is 0 Å². The lowest BCUT2D eigenvalue weighted by Gasteiger charge is -2.11. The molecule has 0 saturated carbocycles. The molecule has 94 valence electrons. The Morgan fingerprint density at radius 1 is 1.17 bits per heavy atom. The van der Waals surface area contributed by atoms with Gasteiger partial charge in [-0.15, -0.1) is 0 Å². The SMILES string of the molecule is Cc1ccc(CNc2cccc(Cl)c2Br)c(C)c1. The normalized spacial score (nSPS) is 10.4. The second-order valence-corrected chi connectivity index (χ2v) is 5.59. The Morgan fingerprint density at radius 2 is 1.94 bits per heavy atom. The quantitative estimate of drug-likeness (QED) is 0.804. The smallest absolute Gasteiger partial charge is 0.0593 e. The monoisotopic (exact) mass is 323 g/mol. The van der Waals surface area contributed by atoms with Gasteiger partial charge in [-0.25, -0.2) is 0 Å². The zero-order valence-corrected chi connectivity index (χ0v) is 12.8. The Hall–Kier alpha value is -0.990. The molecule has 0 aliphatic heterocycles. The first-order valence-corrected chi connectivity index (χ1v) is 6.99. The van der Waals surface area contributed by atoms with Crippen molar-refractivity contribution < 1.29 is 0 Å². The Kier molecular flexibility index (Phi) is 4.31. The summed E-state index contributed by atoms with van der Waals surface area (Å²) in [6.07, 6.45) is 0. The van der Waals surface area contributed by atoms with Crippen LogP contribution in [0.2, 0.25) is 5.02 Å². The first-order valence-electron chi connectivity index (χ1n) is 5.82. The van der Waals surface area contributed by atoms with Crippen molar-refractivity contribution >= 4 is 33.2 Å². The van der Waals surface area contributed by atoms with Crippen molar-refractivity contribution in [3.8, 4) is 0 Å². The summed E-state index contributed by atoms with van der Waals surface area (Å²) in [6.45, 7) is 5.04. The van der Waals surface area contributed by atoms with Crippen LogP contribution in [-0.2, 0) is 6.54 Å². The lowest BCUT2D eigenvalue weighted by Crippen LogP contribution is -2.02. The molecule has 1 nitrogen and oxygen atoms in total. The minimum Gasteiger partial charge on any atom is -0.380 e. The molecule has 18 heavy (non-hydrogen) atoms. The van der Waals surface area contributed by atoms with Crippen LogP contribution in [0.5, 0.6) is 0 Å². The van der Waals surface area contributed by atoms with Crippen LogP contribution in [0.1, 0.15) is 16.7 Å². The predicted molar refractivity (Wildman–Crippen MR) is 82.4 cm³/mol. The van der Waals surface area contributed by atoms with Crippen molar-refractivity contribution in [2.24, 2.45) is 0 Å². The van der Waals surface area contributed by atoms with Crippen molar-refractivity contribution in [1.82, 2.24) is 0 Å². The molecule has 0 unspecified atom stereocenters. The lowest BCUT2D eigenvalue weighted by molar-refractivity contribution is 1.11. The molecule has 0 aliphatic rings. The zero-order valence-electron chi connectivity index (χ0n) is 10.4. The highest BCUT2D eigenvalue weighted by molar-refractivity contribution is 9.10. The molecule has 2 aromatic carbocycles. The predicted octanol–water partition coefficient (Wildman–Crippen LogP) is 5.33. The van der Waals surface area contributed by atoms with Gasteiger partial charge in [0, 0.05) is 6.54 Å². The lowest BCUT2D eigenvalue weighted by atomic mass is 10.1. The summed E-state index contributed by atoms with van der Waals surface area (Å²) in [7, 11) is 0. The fourth-order valence-corrected chi connectivity index (χ4v) is 2.45. The topological polar surface area (TPSA) is 12.0 Å². The number of aryl methyl sites for hydroxylation is 2. The zero-order chi connectivity index (χ0) is 13.1. The van der Waals surface area contributed by atoms with E-state index >= 15 is 0 Å². The molecule has 0 bridgehead atoms. The van der Waals surface area contributed by atoms with Gasteiger partial charge in [0.25, 0.3) is 0 Å². The average Bonchev–Trinajstić information content (AvgIpc) is 2.33. The van der Waals surface area contributed by atoms with Crippen LogP contribution in [0.3, 0.4) is 0 Å². The third-order valence-electron chi connectivity index (χ3n) is 2.92. The molecule has 0 fully saturated rings. The first kappa shape index (κ1) is 13.4. The summed E-state index contributed by atoms with van der Waals surface area (Å²) in [4.78, 5) is 0. The van der Waals surface area contributed by atoms with E-state index in [-0.39, 0.29) is 0 Å². The summed E-state index contributed by atoms with van der Waals surface area (Å²) >= 11 is 9.55. The molecule has 0 heterocycles. The summed E-state index contributed by atoms with van der Waals surface area (Å²) in [5, 5.41) is 4.12. The number of benzene rings is 2. The summed E-state index contributed by atoms with van der Waals surface area (Å²) < 4.78 is 0.913. The third-order valence-corrected chi connectivity index (χ3v) is 4.32. The largest absolute Gasteiger partial charge is 0.380 e. The van der Waals surface area contributed by atoms with Gasteiger partial charge in [0.2, 0.25) is 0 Å². The molecule has 0 spiro atoms. The van der Waals surface area contributed by atoms with Crippen LogP contribution in [0, 0.1) is 13.8 Å². The summed E-state index contributed by atoms with van der Waals surface area (Å²) in [6, 6.07) is 12.3. The van der Waals surface area contributed by atoms with Gasteiger partial charge in [-0.2, -0.15) is 0 Å². The molecule has 0 saturated heterocycles. The number of hydrogen-bond acceptors (Lipinski definition) is 1. The van der Waals surface area contributed by atoms with E-state index in [1.165, 1.54) is 16.7 Å². The van der Waals surface area contributed by atoms with Crippen LogP contribution in [-0.4, -0.2) is 0 Å². The molecular weight excluding hydrogens is 310 g/mol. The molecule has 2 rings (SSSR count). The molecule has 0 amide bonds. The maximum Gasteiger partial charge on any atom is 0.0593 e. The van der Waals surface area contributed by atoms with Gasteiger partial charge in [0.1, 0.15) is 0 Å². The van der Waals surface area contributed by atoms with Crippen LogP contribution >= 0.6 is 27.5 Å². The first-order chi connectivity index (χ1) is 8.58. The Labute approximate surface area is 121 Å². The Bertz CT molecular complexity index is 566. The second kappa shape index (κ2) is 5.77. The van der Waals surface area contributed by atoms with Gasteiger partial charge >= 0.3 is 0 Å². The third kappa shape index (κ3) is 3.06. The fraction of sp³-hybridized carbons (Fsp3) is 0.200. The summed E-state index contributed by atoms with van der Waals surface area (Å²) in [5.74, 6) is 0. The van der Waals surface area contributed by atoms with Crippen molar-refractivity contribution in [3.63, 3.8) is 0 Å². The highest BCUT2D eigenvalue weighted by atomic mass is 79.9. The van der Waals surface area contributed by atoms with E-state index in [0.29, 0.717) is 0 Å². The van der Waals surface area contributed by atoms with Crippen LogP contribution in [0.4, 0.5) is 5.69 Å². The molecule has 3 heteroatoms. The molecule has 2 aromatic rings. The van der Waals surface area contributed by atoms with Gasteiger partial charge in [0.05, 0.1) is 15.2 Å². The molecule has 0 atom stereocenters. The van der Waals surface area contributed by atoms with Crippen LogP contribution in [0.25, 0.3) is 0 Å². The van der Waals surface area contributed by atoms with Crippen molar-refractivity contribution in [2.75, 3.05) is 5.32 Å². The molecular formula is C15H15BrClN. The van der Waals surface area contributed by atoms with E-state index in [1.54, 1.807) is 0 Å². The maximum atomic E-state index is 6.06. The van der Waals surface area contributed by atoms with E-state index < -0.39 is 0 Å². The van der Waals surface area contributed by atoms with E-state index in [9.17, 15) is 0 Å². The molecule has 0 aromatic heterocycles. The van der Waals surface area contributed by atoms with Crippen molar-refractivity contribution in [3.05, 3.63) is 62.6 Å². The highest BCUT2D eigenvalue weighted by Crippen LogP contribution is 2.30.